The normalized spacial score (nSPS) is 13.8. The van der Waals surface area contributed by atoms with Crippen LogP contribution in [0.25, 0.3) is 0 Å². The molecule has 1 amide bonds. The molecule has 0 saturated carbocycles. The van der Waals surface area contributed by atoms with E-state index < -0.39 is 5.97 Å². The Balaban J connectivity index is 1.24. The fourth-order valence-corrected chi connectivity index (χ4v) is 4.17. The molecule has 3 aromatic carbocycles. The fourth-order valence-electron chi connectivity index (χ4n) is 4.17. The van der Waals surface area contributed by atoms with Crippen molar-refractivity contribution in [2.75, 3.05) is 51.9 Å². The molecule has 1 heterocycles. The summed E-state index contributed by atoms with van der Waals surface area (Å²) < 4.78 is 15.4. The molecule has 1 fully saturated rings. The van der Waals surface area contributed by atoms with Gasteiger partial charge in [0.25, 0.3) is 5.91 Å². The van der Waals surface area contributed by atoms with Crippen molar-refractivity contribution in [2.45, 2.75) is 6.54 Å². The third kappa shape index (κ3) is 7.33. The number of carbonyl (C=O) groups excluding carboxylic acids is 2. The Labute approximate surface area is 222 Å². The van der Waals surface area contributed by atoms with Crippen LogP contribution >= 0.6 is 0 Å². The van der Waals surface area contributed by atoms with Crippen LogP contribution in [-0.2, 0) is 16.1 Å². The molecule has 0 aliphatic carbocycles. The maximum absolute atomic E-state index is 12.5. The van der Waals surface area contributed by atoms with Crippen molar-refractivity contribution in [3.8, 4) is 11.5 Å². The maximum Gasteiger partial charge on any atom is 0.343 e. The van der Waals surface area contributed by atoms with Gasteiger partial charge in [0, 0.05) is 38.3 Å². The van der Waals surface area contributed by atoms with E-state index in [1.807, 2.05) is 48.5 Å². The molecule has 38 heavy (non-hydrogen) atoms. The first-order chi connectivity index (χ1) is 18.6. The van der Waals surface area contributed by atoms with Crippen LogP contribution in [0.1, 0.15) is 21.5 Å². The topological polar surface area (TPSA) is 92.7 Å². The maximum atomic E-state index is 12.5. The second kappa shape index (κ2) is 13.3. The molecule has 1 N–H and O–H groups in total. The number of rotatable bonds is 10. The van der Waals surface area contributed by atoms with Crippen molar-refractivity contribution < 1.29 is 23.8 Å². The lowest BCUT2D eigenvalue weighted by atomic mass is 10.1. The zero-order chi connectivity index (χ0) is 26.7. The average molecular weight is 517 g/mol. The number of anilines is 1. The number of hydrazone groups is 1. The standard InChI is InChI=1S/C29H32N4O5/c1-36-27-9-4-3-8-26(27)33-16-14-32(15-17-33)20-22-10-12-24(13-11-22)29(35)31-30-19-23-6-5-7-25(18-23)38-21-28(34)37-2/h3-13,18-19H,14-17,20-21H2,1-2H3,(H,31,35)/b30-19-. The number of amides is 1. The summed E-state index contributed by atoms with van der Waals surface area (Å²) >= 11 is 0. The van der Waals surface area contributed by atoms with Crippen molar-refractivity contribution >= 4 is 23.8 Å². The van der Waals surface area contributed by atoms with Gasteiger partial charge in [-0.05, 0) is 47.5 Å². The highest BCUT2D eigenvalue weighted by Gasteiger charge is 2.19. The van der Waals surface area contributed by atoms with Crippen LogP contribution in [0.5, 0.6) is 11.5 Å². The first-order valence-electron chi connectivity index (χ1n) is 12.4. The van der Waals surface area contributed by atoms with Crippen molar-refractivity contribution in [3.63, 3.8) is 0 Å². The monoisotopic (exact) mass is 516 g/mol. The van der Waals surface area contributed by atoms with Crippen molar-refractivity contribution in [1.29, 1.82) is 0 Å². The highest BCUT2D eigenvalue weighted by molar-refractivity contribution is 5.94. The minimum Gasteiger partial charge on any atom is -0.495 e. The van der Waals surface area contributed by atoms with Crippen LogP contribution < -0.4 is 19.8 Å². The van der Waals surface area contributed by atoms with E-state index in [0.29, 0.717) is 16.9 Å². The van der Waals surface area contributed by atoms with E-state index in [9.17, 15) is 9.59 Å². The summed E-state index contributed by atoms with van der Waals surface area (Å²) in [7, 11) is 3.01. The Morgan fingerprint density at radius 3 is 2.45 bits per heavy atom. The second-order valence-corrected chi connectivity index (χ2v) is 8.77. The number of methoxy groups -OCH3 is 2. The zero-order valence-corrected chi connectivity index (χ0v) is 21.6. The minimum atomic E-state index is -0.464. The van der Waals surface area contributed by atoms with Gasteiger partial charge in [0.2, 0.25) is 0 Å². The van der Waals surface area contributed by atoms with Crippen LogP contribution in [0.4, 0.5) is 5.69 Å². The number of benzene rings is 3. The highest BCUT2D eigenvalue weighted by Crippen LogP contribution is 2.28. The first-order valence-corrected chi connectivity index (χ1v) is 12.4. The fraction of sp³-hybridized carbons (Fsp3) is 0.276. The molecule has 9 heteroatoms. The van der Waals surface area contributed by atoms with Gasteiger partial charge in [-0.2, -0.15) is 5.10 Å². The first kappa shape index (κ1) is 26.7. The molecule has 1 aliphatic rings. The molecule has 0 atom stereocenters. The third-order valence-electron chi connectivity index (χ3n) is 6.24. The van der Waals surface area contributed by atoms with E-state index in [1.165, 1.54) is 13.3 Å². The molecule has 1 saturated heterocycles. The van der Waals surface area contributed by atoms with Gasteiger partial charge in [-0.3, -0.25) is 9.69 Å². The molecule has 9 nitrogen and oxygen atoms in total. The number of piperazine rings is 1. The van der Waals surface area contributed by atoms with Crippen LogP contribution in [0.15, 0.2) is 77.9 Å². The molecular formula is C29H32N4O5. The summed E-state index contributed by atoms with van der Waals surface area (Å²) in [6.07, 6.45) is 1.52. The van der Waals surface area contributed by atoms with Gasteiger partial charge < -0.3 is 19.1 Å². The Morgan fingerprint density at radius 1 is 0.947 bits per heavy atom. The quantitative estimate of drug-likeness (QED) is 0.251. The van der Waals surface area contributed by atoms with Crippen LogP contribution in [0.3, 0.4) is 0 Å². The van der Waals surface area contributed by atoms with Gasteiger partial charge >= 0.3 is 5.97 Å². The van der Waals surface area contributed by atoms with Crippen molar-refractivity contribution in [3.05, 3.63) is 89.5 Å². The van der Waals surface area contributed by atoms with Crippen LogP contribution in [0, 0.1) is 0 Å². The minimum absolute atomic E-state index is 0.178. The third-order valence-corrected chi connectivity index (χ3v) is 6.24. The predicted molar refractivity (Wildman–Crippen MR) is 146 cm³/mol. The summed E-state index contributed by atoms with van der Waals surface area (Å²) in [6.45, 7) is 4.41. The number of para-hydroxylation sites is 2. The summed E-state index contributed by atoms with van der Waals surface area (Å²) in [5, 5.41) is 4.04. The Hall–Kier alpha value is -4.37. The van der Waals surface area contributed by atoms with E-state index in [0.717, 1.165) is 49.7 Å². The molecule has 0 spiro atoms. The lowest BCUT2D eigenvalue weighted by molar-refractivity contribution is -0.142. The van der Waals surface area contributed by atoms with Gasteiger partial charge in [0.05, 0.1) is 26.1 Å². The SMILES string of the molecule is COC(=O)COc1cccc(/C=N\NC(=O)c2ccc(CN3CCN(c4ccccc4OC)CC3)cc2)c1. The van der Waals surface area contributed by atoms with Gasteiger partial charge in [0.15, 0.2) is 6.61 Å². The number of esters is 1. The molecule has 0 unspecified atom stereocenters. The van der Waals surface area contributed by atoms with Gasteiger partial charge in [0.1, 0.15) is 11.5 Å². The Bertz CT molecular complexity index is 1250. The molecular weight excluding hydrogens is 484 g/mol. The van der Waals surface area contributed by atoms with Gasteiger partial charge in [-0.1, -0.05) is 36.4 Å². The predicted octanol–water partition coefficient (Wildman–Crippen LogP) is 3.33. The number of nitrogens with one attached hydrogen (secondary N) is 1. The zero-order valence-electron chi connectivity index (χ0n) is 21.6. The van der Waals surface area contributed by atoms with Crippen molar-refractivity contribution in [1.82, 2.24) is 10.3 Å². The molecule has 198 valence electrons. The number of hydrogen-bond donors (Lipinski definition) is 1. The number of carbonyl (C=O) groups is 2. The van der Waals surface area contributed by atoms with E-state index >= 15 is 0 Å². The molecule has 1 aliphatic heterocycles. The number of hydrogen-bond acceptors (Lipinski definition) is 8. The van der Waals surface area contributed by atoms with E-state index in [2.05, 4.69) is 31.1 Å². The highest BCUT2D eigenvalue weighted by atomic mass is 16.6. The summed E-state index contributed by atoms with van der Waals surface area (Å²) in [4.78, 5) is 28.5. The largest absolute Gasteiger partial charge is 0.495 e. The molecule has 0 radical (unpaired) electrons. The van der Waals surface area contributed by atoms with E-state index in [1.54, 1.807) is 25.3 Å². The Morgan fingerprint density at radius 2 is 1.71 bits per heavy atom. The smallest absolute Gasteiger partial charge is 0.343 e. The van der Waals surface area contributed by atoms with Gasteiger partial charge in [-0.15, -0.1) is 0 Å². The van der Waals surface area contributed by atoms with E-state index in [-0.39, 0.29) is 12.5 Å². The summed E-state index contributed by atoms with van der Waals surface area (Å²) in [5.74, 6) is 0.644. The molecule has 3 aromatic rings. The number of ether oxygens (including phenoxy) is 3. The number of nitrogens with zero attached hydrogens (tertiary/aromatic N) is 3. The Kier molecular flexibility index (Phi) is 9.31. The summed E-state index contributed by atoms with van der Waals surface area (Å²) in [5.41, 5.74) is 6.08. The van der Waals surface area contributed by atoms with Crippen LogP contribution in [-0.4, -0.2) is 70.0 Å². The second-order valence-electron chi connectivity index (χ2n) is 8.77. The summed E-state index contributed by atoms with van der Waals surface area (Å²) in [6, 6.07) is 22.7. The van der Waals surface area contributed by atoms with E-state index in [4.69, 9.17) is 9.47 Å². The van der Waals surface area contributed by atoms with Crippen molar-refractivity contribution in [2.24, 2.45) is 5.10 Å². The average Bonchev–Trinajstić information content (AvgIpc) is 2.97. The van der Waals surface area contributed by atoms with Gasteiger partial charge in [-0.25, -0.2) is 10.2 Å². The molecule has 4 rings (SSSR count). The molecule has 0 bridgehead atoms. The lowest BCUT2D eigenvalue weighted by Gasteiger charge is -2.36. The lowest BCUT2D eigenvalue weighted by Crippen LogP contribution is -2.46. The van der Waals surface area contributed by atoms with Crippen LogP contribution in [0.2, 0.25) is 0 Å². The molecule has 0 aromatic heterocycles.